The molecule has 0 atom stereocenters. The summed E-state index contributed by atoms with van der Waals surface area (Å²) in [6.45, 7) is 2.41. The van der Waals surface area contributed by atoms with Crippen molar-refractivity contribution in [2.45, 2.75) is 26.2 Å². The second-order valence-corrected chi connectivity index (χ2v) is 3.04. The van der Waals surface area contributed by atoms with Gasteiger partial charge >= 0.3 is 23.1 Å². The van der Waals surface area contributed by atoms with E-state index in [-0.39, 0.29) is 45.8 Å². The van der Waals surface area contributed by atoms with E-state index in [0.717, 1.165) is 31.4 Å². The van der Waals surface area contributed by atoms with Crippen LogP contribution in [0.4, 0.5) is 8.78 Å². The molecule has 1 rings (SSSR count). The van der Waals surface area contributed by atoms with E-state index in [9.17, 15) is 8.78 Å². The van der Waals surface area contributed by atoms with Crippen LogP contribution in [0.5, 0.6) is 5.75 Å². The number of benzene rings is 1. The molecule has 1 aromatic carbocycles. The zero-order chi connectivity index (χ0) is 10.4. The molecule has 86 valence electrons. The Balaban J connectivity index is 0. The molecular formula is C11H13BrF2MgO. The maximum absolute atomic E-state index is 13.0. The second-order valence-electron chi connectivity index (χ2n) is 3.04. The molecule has 0 aliphatic carbocycles. The normalized spacial score (nSPS) is 8.94. The van der Waals surface area contributed by atoms with Gasteiger partial charge in [-0.1, -0.05) is 19.8 Å². The van der Waals surface area contributed by atoms with Gasteiger partial charge in [0.2, 0.25) is 0 Å². The molecule has 0 aliphatic heterocycles. The summed E-state index contributed by atoms with van der Waals surface area (Å²) < 4.78 is 30.9. The monoisotopic (exact) mass is 302 g/mol. The topological polar surface area (TPSA) is 9.23 Å². The van der Waals surface area contributed by atoms with Gasteiger partial charge in [0.1, 0.15) is 0 Å². The minimum Gasteiger partial charge on any atom is -1.00 e. The third kappa shape index (κ3) is 6.01. The zero-order valence-electron chi connectivity index (χ0n) is 9.23. The Morgan fingerprint density at radius 1 is 1.19 bits per heavy atom. The van der Waals surface area contributed by atoms with E-state index in [0.29, 0.717) is 6.61 Å². The van der Waals surface area contributed by atoms with Crippen LogP contribution in [0.2, 0.25) is 0 Å². The molecule has 1 aromatic rings. The Morgan fingerprint density at radius 3 is 2.25 bits per heavy atom. The smallest absolute Gasteiger partial charge is 1.00 e. The van der Waals surface area contributed by atoms with Gasteiger partial charge in [0.15, 0.2) is 0 Å². The molecule has 0 saturated carbocycles. The van der Waals surface area contributed by atoms with Crippen LogP contribution in [0.15, 0.2) is 12.1 Å². The summed E-state index contributed by atoms with van der Waals surface area (Å²) >= 11 is 0. The molecule has 0 bridgehead atoms. The Labute approximate surface area is 121 Å². The van der Waals surface area contributed by atoms with Crippen LogP contribution in [0, 0.1) is 17.7 Å². The van der Waals surface area contributed by atoms with Gasteiger partial charge in [-0.2, -0.15) is 6.07 Å². The van der Waals surface area contributed by atoms with Crippen LogP contribution >= 0.6 is 0 Å². The number of rotatable bonds is 5. The Kier molecular flexibility index (Phi) is 11.9. The molecule has 0 spiro atoms. The van der Waals surface area contributed by atoms with Crippen LogP contribution in [-0.2, 0) is 0 Å². The van der Waals surface area contributed by atoms with Crippen molar-refractivity contribution in [3.63, 3.8) is 0 Å². The van der Waals surface area contributed by atoms with Crippen molar-refractivity contribution < 1.29 is 30.5 Å². The predicted octanol–water partition coefficient (Wildman–Crippen LogP) is -0.0428. The number of hydrogen-bond donors (Lipinski definition) is 0. The molecule has 0 aliphatic rings. The number of hydrogen-bond acceptors (Lipinski definition) is 1. The van der Waals surface area contributed by atoms with Gasteiger partial charge in [-0.25, -0.2) is 0 Å². The molecule has 0 amide bonds. The van der Waals surface area contributed by atoms with Crippen molar-refractivity contribution >= 4 is 23.1 Å². The summed E-state index contributed by atoms with van der Waals surface area (Å²) in [4.78, 5) is 0. The van der Waals surface area contributed by atoms with Gasteiger partial charge in [0, 0.05) is 0 Å². The molecule has 0 heterocycles. The van der Waals surface area contributed by atoms with Gasteiger partial charge in [0.05, 0.1) is 24.0 Å². The first-order valence-corrected chi connectivity index (χ1v) is 4.73. The molecule has 1 nitrogen and oxygen atoms in total. The molecule has 0 aromatic heterocycles. The Hall–Kier alpha value is 0.126. The third-order valence-electron chi connectivity index (χ3n) is 1.85. The predicted molar refractivity (Wildman–Crippen MR) is 56.0 cm³/mol. The first-order valence-electron chi connectivity index (χ1n) is 4.73. The maximum atomic E-state index is 13.0. The van der Waals surface area contributed by atoms with Gasteiger partial charge in [-0.3, -0.25) is 8.78 Å². The van der Waals surface area contributed by atoms with Crippen molar-refractivity contribution in [3.8, 4) is 5.75 Å². The molecule has 0 N–H and O–H groups in total. The molecule has 0 unspecified atom stereocenters. The molecule has 0 fully saturated rings. The average molecular weight is 303 g/mol. The summed E-state index contributed by atoms with van der Waals surface area (Å²) in [6.07, 6.45) is 2.87. The molecule has 16 heavy (non-hydrogen) atoms. The SMILES string of the molecule is CCCCCOc1c(F)c[c-]cc1F.[Br-].[Mg+2]. The third-order valence-corrected chi connectivity index (χ3v) is 1.85. The van der Waals surface area contributed by atoms with Gasteiger partial charge in [-0.15, -0.1) is 12.1 Å². The number of ether oxygens (including phenoxy) is 1. The number of unbranched alkanes of at least 4 members (excludes halogenated alkanes) is 2. The summed E-state index contributed by atoms with van der Waals surface area (Å²) in [5.74, 6) is -1.68. The van der Waals surface area contributed by atoms with Gasteiger partial charge in [0.25, 0.3) is 0 Å². The molecular weight excluding hydrogens is 290 g/mol. The average Bonchev–Trinajstić information content (AvgIpc) is 2.16. The van der Waals surface area contributed by atoms with E-state index in [4.69, 9.17) is 4.74 Å². The molecule has 5 heteroatoms. The van der Waals surface area contributed by atoms with E-state index in [1.807, 2.05) is 0 Å². The second kappa shape index (κ2) is 10.3. The molecule has 0 saturated heterocycles. The minimum absolute atomic E-state index is 0. The van der Waals surface area contributed by atoms with E-state index in [2.05, 4.69) is 13.0 Å². The van der Waals surface area contributed by atoms with Crippen LogP contribution in [-0.4, -0.2) is 29.7 Å². The van der Waals surface area contributed by atoms with Gasteiger partial charge < -0.3 is 21.7 Å². The van der Waals surface area contributed by atoms with E-state index in [1.54, 1.807) is 0 Å². The quantitative estimate of drug-likeness (QED) is 0.421. The first kappa shape index (κ1) is 18.5. The van der Waals surface area contributed by atoms with Crippen molar-refractivity contribution in [3.05, 3.63) is 29.8 Å². The van der Waals surface area contributed by atoms with E-state index in [1.165, 1.54) is 0 Å². The molecule has 0 radical (unpaired) electrons. The summed E-state index contributed by atoms with van der Waals surface area (Å²) in [5, 5.41) is 0. The van der Waals surface area contributed by atoms with Crippen molar-refractivity contribution in [1.82, 2.24) is 0 Å². The maximum Gasteiger partial charge on any atom is 2.00 e. The summed E-state index contributed by atoms with van der Waals surface area (Å²) in [6, 6.07) is 4.48. The summed E-state index contributed by atoms with van der Waals surface area (Å²) in [7, 11) is 0. The van der Waals surface area contributed by atoms with E-state index >= 15 is 0 Å². The van der Waals surface area contributed by atoms with Crippen LogP contribution in [0.1, 0.15) is 26.2 Å². The van der Waals surface area contributed by atoms with E-state index < -0.39 is 11.6 Å². The van der Waals surface area contributed by atoms with Gasteiger partial charge in [-0.05, 0) is 6.42 Å². The van der Waals surface area contributed by atoms with Crippen LogP contribution in [0.25, 0.3) is 0 Å². The van der Waals surface area contributed by atoms with Crippen molar-refractivity contribution in [1.29, 1.82) is 0 Å². The van der Waals surface area contributed by atoms with Crippen LogP contribution < -0.4 is 21.7 Å². The minimum atomic E-state index is -0.693. The zero-order valence-corrected chi connectivity index (χ0v) is 12.2. The van der Waals surface area contributed by atoms with Crippen LogP contribution in [0.3, 0.4) is 0 Å². The number of halogens is 3. The standard InChI is InChI=1S/C11H13F2O.BrH.Mg/c1-2-3-4-8-14-11-9(12)6-5-7-10(11)13;;/h6-7H,2-4,8H2,1H3;1H;/q-1;;+2/p-1. The Bertz CT molecular complexity index is 277. The largest absolute Gasteiger partial charge is 2.00 e. The fourth-order valence-electron chi connectivity index (χ4n) is 1.10. The first-order chi connectivity index (χ1) is 6.75. The Morgan fingerprint density at radius 2 is 1.75 bits per heavy atom. The van der Waals surface area contributed by atoms with Crippen molar-refractivity contribution in [2.24, 2.45) is 0 Å². The summed E-state index contributed by atoms with van der Waals surface area (Å²) in [5.41, 5.74) is 0. The fraction of sp³-hybridized carbons (Fsp3) is 0.455. The fourth-order valence-corrected chi connectivity index (χ4v) is 1.10. The van der Waals surface area contributed by atoms with Crippen molar-refractivity contribution in [2.75, 3.05) is 6.61 Å².